The summed E-state index contributed by atoms with van der Waals surface area (Å²) in [7, 11) is 1.75. The number of para-hydroxylation sites is 1. The van der Waals surface area contributed by atoms with Gasteiger partial charge in [0.25, 0.3) is 0 Å². The number of benzene rings is 2. The van der Waals surface area contributed by atoms with Gasteiger partial charge in [-0.05, 0) is 36.8 Å². The molecular formula is C20H21FN4O2S. The average Bonchev–Trinajstić information content (AvgIpc) is 3.16. The predicted molar refractivity (Wildman–Crippen MR) is 106 cm³/mol. The molecule has 0 spiro atoms. The molecule has 28 heavy (non-hydrogen) atoms. The van der Waals surface area contributed by atoms with Gasteiger partial charge in [-0.1, -0.05) is 36.0 Å². The lowest BCUT2D eigenvalue weighted by atomic mass is 10.2. The molecule has 0 saturated heterocycles. The second-order valence-corrected chi connectivity index (χ2v) is 6.99. The average molecular weight is 400 g/mol. The Morgan fingerprint density at radius 1 is 1.21 bits per heavy atom. The molecule has 0 aliphatic heterocycles. The summed E-state index contributed by atoms with van der Waals surface area (Å²) < 4.78 is 21.0. The van der Waals surface area contributed by atoms with E-state index in [0.29, 0.717) is 24.0 Å². The third kappa shape index (κ3) is 4.89. The van der Waals surface area contributed by atoms with Crippen molar-refractivity contribution < 1.29 is 13.9 Å². The van der Waals surface area contributed by atoms with Gasteiger partial charge in [-0.3, -0.25) is 9.36 Å². The van der Waals surface area contributed by atoms with Crippen LogP contribution in [0.5, 0.6) is 5.75 Å². The molecule has 0 fully saturated rings. The SMILES string of the molecule is CCOc1ccc(CN(C)C(=O)CSc2nncn2-c2ccccc2F)cc1. The summed E-state index contributed by atoms with van der Waals surface area (Å²) in [6.07, 6.45) is 1.44. The number of ether oxygens (including phenoxy) is 1. The van der Waals surface area contributed by atoms with Gasteiger partial charge in [0.15, 0.2) is 5.16 Å². The summed E-state index contributed by atoms with van der Waals surface area (Å²) in [6.45, 7) is 3.04. The van der Waals surface area contributed by atoms with E-state index in [0.717, 1.165) is 11.3 Å². The van der Waals surface area contributed by atoms with Gasteiger partial charge < -0.3 is 9.64 Å². The van der Waals surface area contributed by atoms with Crippen LogP contribution in [0.1, 0.15) is 12.5 Å². The number of nitrogens with zero attached hydrogens (tertiary/aromatic N) is 4. The molecule has 3 rings (SSSR count). The Morgan fingerprint density at radius 2 is 1.96 bits per heavy atom. The van der Waals surface area contributed by atoms with E-state index < -0.39 is 0 Å². The highest BCUT2D eigenvalue weighted by Crippen LogP contribution is 2.22. The lowest BCUT2D eigenvalue weighted by Gasteiger charge is -2.17. The van der Waals surface area contributed by atoms with Crippen molar-refractivity contribution in [3.8, 4) is 11.4 Å². The van der Waals surface area contributed by atoms with Crippen molar-refractivity contribution >= 4 is 17.7 Å². The van der Waals surface area contributed by atoms with Crippen molar-refractivity contribution in [2.45, 2.75) is 18.6 Å². The van der Waals surface area contributed by atoms with Gasteiger partial charge in [0.1, 0.15) is 17.9 Å². The first-order chi connectivity index (χ1) is 13.6. The lowest BCUT2D eigenvalue weighted by molar-refractivity contribution is -0.127. The fourth-order valence-corrected chi connectivity index (χ4v) is 3.45. The third-order valence-corrected chi connectivity index (χ3v) is 4.96. The molecule has 0 atom stereocenters. The van der Waals surface area contributed by atoms with Gasteiger partial charge in [0, 0.05) is 13.6 Å². The van der Waals surface area contributed by atoms with E-state index in [1.54, 1.807) is 34.7 Å². The van der Waals surface area contributed by atoms with Crippen molar-refractivity contribution in [1.82, 2.24) is 19.7 Å². The quantitative estimate of drug-likeness (QED) is 0.541. The van der Waals surface area contributed by atoms with Crippen molar-refractivity contribution in [2.24, 2.45) is 0 Å². The number of amides is 1. The minimum atomic E-state index is -0.372. The zero-order valence-corrected chi connectivity index (χ0v) is 16.5. The molecule has 0 N–H and O–H groups in total. The normalized spacial score (nSPS) is 10.7. The molecule has 2 aromatic carbocycles. The first-order valence-corrected chi connectivity index (χ1v) is 9.80. The maximum Gasteiger partial charge on any atom is 0.233 e. The van der Waals surface area contributed by atoms with Gasteiger partial charge in [0.05, 0.1) is 18.0 Å². The number of hydrogen-bond donors (Lipinski definition) is 0. The van der Waals surface area contributed by atoms with Crippen molar-refractivity contribution in [2.75, 3.05) is 19.4 Å². The number of halogens is 1. The fraction of sp³-hybridized carbons (Fsp3) is 0.250. The highest BCUT2D eigenvalue weighted by atomic mass is 32.2. The zero-order valence-electron chi connectivity index (χ0n) is 15.7. The number of carbonyl (C=O) groups excluding carboxylic acids is 1. The van der Waals surface area contributed by atoms with Crippen molar-refractivity contribution in [1.29, 1.82) is 0 Å². The molecule has 1 heterocycles. The van der Waals surface area contributed by atoms with E-state index in [-0.39, 0.29) is 17.5 Å². The Hall–Kier alpha value is -2.87. The van der Waals surface area contributed by atoms with Crippen LogP contribution in [0, 0.1) is 5.82 Å². The molecule has 0 radical (unpaired) electrons. The highest BCUT2D eigenvalue weighted by molar-refractivity contribution is 7.99. The summed E-state index contributed by atoms with van der Waals surface area (Å²) in [5.41, 5.74) is 1.36. The van der Waals surface area contributed by atoms with Crippen LogP contribution < -0.4 is 4.74 Å². The topological polar surface area (TPSA) is 60.2 Å². The minimum Gasteiger partial charge on any atom is -0.494 e. The van der Waals surface area contributed by atoms with Gasteiger partial charge in [-0.15, -0.1) is 10.2 Å². The molecule has 6 nitrogen and oxygen atoms in total. The first kappa shape index (κ1) is 19.9. The molecule has 0 aliphatic carbocycles. The number of thioether (sulfide) groups is 1. The molecule has 146 valence electrons. The van der Waals surface area contributed by atoms with Crippen LogP contribution in [0.3, 0.4) is 0 Å². The minimum absolute atomic E-state index is 0.0537. The second-order valence-electron chi connectivity index (χ2n) is 6.05. The summed E-state index contributed by atoms with van der Waals surface area (Å²) in [5.74, 6) is 0.564. The molecule has 8 heteroatoms. The Bertz CT molecular complexity index is 930. The van der Waals surface area contributed by atoms with Crippen molar-refractivity contribution in [3.05, 3.63) is 66.2 Å². The van der Waals surface area contributed by atoms with Gasteiger partial charge in [-0.25, -0.2) is 4.39 Å². The smallest absolute Gasteiger partial charge is 0.233 e. The monoisotopic (exact) mass is 400 g/mol. The number of aromatic nitrogens is 3. The van der Waals surface area contributed by atoms with E-state index in [9.17, 15) is 9.18 Å². The fourth-order valence-electron chi connectivity index (χ4n) is 2.59. The molecule has 0 aliphatic rings. The predicted octanol–water partition coefficient (Wildman–Crippen LogP) is 3.56. The number of hydrogen-bond acceptors (Lipinski definition) is 5. The summed E-state index contributed by atoms with van der Waals surface area (Å²) in [6, 6.07) is 14.0. The molecule has 1 aromatic heterocycles. The van der Waals surface area contributed by atoms with Crippen LogP contribution in [0.2, 0.25) is 0 Å². The molecule has 0 unspecified atom stereocenters. The molecule has 3 aromatic rings. The van der Waals surface area contributed by atoms with Crippen LogP contribution in [-0.2, 0) is 11.3 Å². The largest absolute Gasteiger partial charge is 0.494 e. The Labute approximate surface area is 167 Å². The van der Waals surface area contributed by atoms with Crippen LogP contribution in [0.15, 0.2) is 60.0 Å². The molecule has 0 bridgehead atoms. The van der Waals surface area contributed by atoms with E-state index in [2.05, 4.69) is 10.2 Å². The van der Waals surface area contributed by atoms with E-state index in [4.69, 9.17) is 4.74 Å². The Balaban J connectivity index is 1.58. The second kappa shape index (κ2) is 9.36. The standard InChI is InChI=1S/C20H21FN4O2S/c1-3-27-16-10-8-15(9-11-16)12-24(2)19(26)13-28-20-23-22-14-25(20)18-7-5-4-6-17(18)21/h4-11,14H,3,12-13H2,1-2H3. The zero-order chi connectivity index (χ0) is 19.9. The van der Waals surface area contributed by atoms with Crippen molar-refractivity contribution in [3.63, 3.8) is 0 Å². The van der Waals surface area contributed by atoms with Gasteiger partial charge >= 0.3 is 0 Å². The summed E-state index contributed by atoms with van der Waals surface area (Å²) >= 11 is 1.22. The van der Waals surface area contributed by atoms with E-state index in [1.807, 2.05) is 31.2 Å². The Kier molecular flexibility index (Phi) is 6.65. The maximum absolute atomic E-state index is 14.0. The van der Waals surface area contributed by atoms with E-state index >= 15 is 0 Å². The van der Waals surface area contributed by atoms with Crippen LogP contribution in [0.4, 0.5) is 4.39 Å². The maximum atomic E-state index is 14.0. The van der Waals surface area contributed by atoms with E-state index in [1.165, 1.54) is 24.2 Å². The highest BCUT2D eigenvalue weighted by Gasteiger charge is 2.15. The summed E-state index contributed by atoms with van der Waals surface area (Å²) in [4.78, 5) is 14.1. The van der Waals surface area contributed by atoms with Gasteiger partial charge in [-0.2, -0.15) is 0 Å². The lowest BCUT2D eigenvalue weighted by Crippen LogP contribution is -2.27. The molecule has 0 saturated carbocycles. The third-order valence-electron chi connectivity index (χ3n) is 4.03. The van der Waals surface area contributed by atoms with Gasteiger partial charge in [0.2, 0.25) is 5.91 Å². The number of carbonyl (C=O) groups is 1. The molecule has 1 amide bonds. The Morgan fingerprint density at radius 3 is 2.68 bits per heavy atom. The van der Waals surface area contributed by atoms with Crippen LogP contribution >= 0.6 is 11.8 Å². The van der Waals surface area contributed by atoms with Crippen LogP contribution in [-0.4, -0.2) is 45.0 Å². The van der Waals surface area contributed by atoms with Crippen LogP contribution in [0.25, 0.3) is 5.69 Å². The number of rotatable bonds is 8. The molecular weight excluding hydrogens is 379 g/mol. The summed E-state index contributed by atoms with van der Waals surface area (Å²) in [5, 5.41) is 8.31. The first-order valence-electron chi connectivity index (χ1n) is 8.82.